The molecule has 0 bridgehead atoms. The molecule has 0 saturated carbocycles. The molecule has 0 amide bonds. The number of furan rings is 1. The average Bonchev–Trinajstić information content (AvgIpc) is 2.87. The van der Waals surface area contributed by atoms with Crippen molar-refractivity contribution in [3.8, 4) is 0 Å². The molecule has 0 spiro atoms. The predicted octanol–water partition coefficient (Wildman–Crippen LogP) is 4.62. The van der Waals surface area contributed by atoms with E-state index in [1.54, 1.807) is 43.3 Å². The number of para-hydroxylation sites is 1. The van der Waals surface area contributed by atoms with Crippen molar-refractivity contribution in [1.82, 2.24) is 0 Å². The van der Waals surface area contributed by atoms with Gasteiger partial charge in [-0.1, -0.05) is 41.9 Å². The zero-order valence-corrected chi connectivity index (χ0v) is 11.5. The lowest BCUT2D eigenvalue weighted by atomic mass is 10.0. The molecule has 0 aliphatic rings. The third-order valence-corrected chi connectivity index (χ3v) is 3.60. The van der Waals surface area contributed by atoms with Crippen molar-refractivity contribution < 1.29 is 13.9 Å². The van der Waals surface area contributed by atoms with Crippen LogP contribution in [0.5, 0.6) is 0 Å². The highest BCUT2D eigenvalue weighted by molar-refractivity contribution is 6.34. The van der Waals surface area contributed by atoms with Crippen LogP contribution in [0.1, 0.15) is 23.0 Å². The minimum absolute atomic E-state index is 0.195. The highest BCUT2D eigenvalue weighted by Crippen LogP contribution is 2.33. The van der Waals surface area contributed by atoms with Crippen LogP contribution in [0, 0.1) is 12.7 Å². The second-order valence-electron chi connectivity index (χ2n) is 4.69. The molecule has 20 heavy (non-hydrogen) atoms. The standard InChI is InChI=1S/C16H12ClFO2/c1-9-4-2-6-11(14(9)18)15(19)13-8-10-5-3-7-12(17)16(10)20-13/h2-8,15,19H,1H3. The SMILES string of the molecule is Cc1cccc(C(O)c2cc3cccc(Cl)c3o2)c1F. The predicted molar refractivity (Wildman–Crippen MR) is 76.4 cm³/mol. The maximum Gasteiger partial charge on any atom is 0.153 e. The van der Waals surface area contributed by atoms with Gasteiger partial charge in [0.25, 0.3) is 0 Å². The summed E-state index contributed by atoms with van der Waals surface area (Å²) >= 11 is 6.03. The molecule has 2 nitrogen and oxygen atoms in total. The summed E-state index contributed by atoms with van der Waals surface area (Å²) in [5.41, 5.74) is 1.17. The number of aliphatic hydroxyl groups is 1. The summed E-state index contributed by atoms with van der Waals surface area (Å²) in [4.78, 5) is 0. The summed E-state index contributed by atoms with van der Waals surface area (Å²) in [7, 11) is 0. The molecule has 0 radical (unpaired) electrons. The Balaban J connectivity index is 2.10. The van der Waals surface area contributed by atoms with E-state index >= 15 is 0 Å². The Kier molecular flexibility index (Phi) is 3.24. The van der Waals surface area contributed by atoms with Gasteiger partial charge in [-0.05, 0) is 24.6 Å². The molecular formula is C16H12ClFO2. The van der Waals surface area contributed by atoms with Crippen molar-refractivity contribution in [3.05, 3.63) is 70.2 Å². The van der Waals surface area contributed by atoms with Crippen LogP contribution in [-0.2, 0) is 0 Å². The van der Waals surface area contributed by atoms with Gasteiger partial charge in [0.15, 0.2) is 5.58 Å². The smallest absolute Gasteiger partial charge is 0.153 e. The number of rotatable bonds is 2. The van der Waals surface area contributed by atoms with Crippen LogP contribution in [0.4, 0.5) is 4.39 Å². The molecule has 3 rings (SSSR count). The van der Waals surface area contributed by atoms with Gasteiger partial charge in [-0.25, -0.2) is 4.39 Å². The van der Waals surface area contributed by atoms with Crippen LogP contribution in [0.2, 0.25) is 5.02 Å². The van der Waals surface area contributed by atoms with Crippen molar-refractivity contribution in [2.24, 2.45) is 0 Å². The fraction of sp³-hybridized carbons (Fsp3) is 0.125. The molecule has 1 N–H and O–H groups in total. The van der Waals surface area contributed by atoms with Gasteiger partial charge in [-0.2, -0.15) is 0 Å². The van der Waals surface area contributed by atoms with E-state index in [4.69, 9.17) is 16.0 Å². The van der Waals surface area contributed by atoms with Crippen LogP contribution in [-0.4, -0.2) is 5.11 Å². The Labute approximate surface area is 120 Å². The third kappa shape index (κ3) is 2.09. The van der Waals surface area contributed by atoms with Gasteiger partial charge in [0.1, 0.15) is 17.7 Å². The van der Waals surface area contributed by atoms with Crippen LogP contribution in [0.25, 0.3) is 11.0 Å². The zero-order valence-electron chi connectivity index (χ0n) is 10.7. The van der Waals surface area contributed by atoms with Gasteiger partial charge < -0.3 is 9.52 Å². The Morgan fingerprint density at radius 3 is 2.70 bits per heavy atom. The van der Waals surface area contributed by atoms with E-state index in [1.165, 1.54) is 0 Å². The van der Waals surface area contributed by atoms with Gasteiger partial charge in [0.2, 0.25) is 0 Å². The summed E-state index contributed by atoms with van der Waals surface area (Å²) in [6.45, 7) is 1.65. The first-order valence-electron chi connectivity index (χ1n) is 6.19. The molecule has 0 fully saturated rings. The maximum atomic E-state index is 14.0. The van der Waals surface area contributed by atoms with E-state index in [1.807, 2.05) is 6.07 Å². The molecule has 3 aromatic rings. The van der Waals surface area contributed by atoms with E-state index in [2.05, 4.69) is 0 Å². The highest BCUT2D eigenvalue weighted by atomic mass is 35.5. The number of benzene rings is 2. The summed E-state index contributed by atoms with van der Waals surface area (Å²) in [6.07, 6.45) is -1.15. The molecule has 102 valence electrons. The number of aliphatic hydroxyl groups excluding tert-OH is 1. The first kappa shape index (κ1) is 13.2. The van der Waals surface area contributed by atoms with Crippen molar-refractivity contribution >= 4 is 22.6 Å². The lowest BCUT2D eigenvalue weighted by Gasteiger charge is -2.10. The second kappa shape index (κ2) is 4.93. The van der Waals surface area contributed by atoms with Gasteiger partial charge in [-0.3, -0.25) is 0 Å². The average molecular weight is 291 g/mol. The summed E-state index contributed by atoms with van der Waals surface area (Å²) in [5.74, 6) is -0.149. The lowest BCUT2D eigenvalue weighted by molar-refractivity contribution is 0.187. The van der Waals surface area contributed by atoms with Gasteiger partial charge in [0, 0.05) is 10.9 Å². The van der Waals surface area contributed by atoms with E-state index in [-0.39, 0.29) is 11.3 Å². The van der Waals surface area contributed by atoms with E-state index in [0.717, 1.165) is 5.39 Å². The summed E-state index contributed by atoms with van der Waals surface area (Å²) in [6, 6.07) is 11.9. The topological polar surface area (TPSA) is 33.4 Å². The number of fused-ring (bicyclic) bond motifs is 1. The Morgan fingerprint density at radius 2 is 1.95 bits per heavy atom. The van der Waals surface area contributed by atoms with E-state index in [0.29, 0.717) is 16.2 Å². The molecule has 4 heteroatoms. The molecule has 0 aliphatic carbocycles. The van der Waals surface area contributed by atoms with Crippen molar-refractivity contribution in [3.63, 3.8) is 0 Å². The van der Waals surface area contributed by atoms with E-state index in [9.17, 15) is 9.50 Å². The van der Waals surface area contributed by atoms with Crippen molar-refractivity contribution in [2.75, 3.05) is 0 Å². The normalized spacial score (nSPS) is 12.8. The lowest BCUT2D eigenvalue weighted by Crippen LogP contribution is -2.02. The molecule has 0 aliphatic heterocycles. The van der Waals surface area contributed by atoms with Gasteiger partial charge in [0.05, 0.1) is 5.02 Å². The minimum Gasteiger partial charge on any atom is -0.456 e. The Morgan fingerprint density at radius 1 is 1.20 bits per heavy atom. The van der Waals surface area contributed by atoms with Crippen LogP contribution < -0.4 is 0 Å². The molecule has 2 aromatic carbocycles. The summed E-state index contributed by atoms with van der Waals surface area (Å²) < 4.78 is 19.6. The Bertz CT molecular complexity index is 779. The quantitative estimate of drug-likeness (QED) is 0.747. The molecule has 1 unspecified atom stereocenters. The molecule has 1 heterocycles. The first-order valence-corrected chi connectivity index (χ1v) is 6.57. The number of hydrogen-bond acceptors (Lipinski definition) is 2. The molecule has 0 saturated heterocycles. The molecule has 1 atom stereocenters. The van der Waals surface area contributed by atoms with Crippen LogP contribution >= 0.6 is 11.6 Å². The van der Waals surface area contributed by atoms with E-state index < -0.39 is 11.9 Å². The first-order chi connectivity index (χ1) is 9.58. The fourth-order valence-corrected chi connectivity index (χ4v) is 2.44. The second-order valence-corrected chi connectivity index (χ2v) is 5.09. The fourth-order valence-electron chi connectivity index (χ4n) is 2.22. The number of aryl methyl sites for hydroxylation is 1. The maximum absolute atomic E-state index is 14.0. The van der Waals surface area contributed by atoms with Crippen LogP contribution in [0.15, 0.2) is 46.9 Å². The van der Waals surface area contributed by atoms with Crippen molar-refractivity contribution in [1.29, 1.82) is 0 Å². The van der Waals surface area contributed by atoms with Gasteiger partial charge >= 0.3 is 0 Å². The molecular weight excluding hydrogens is 279 g/mol. The third-order valence-electron chi connectivity index (χ3n) is 3.30. The number of halogens is 2. The Hall–Kier alpha value is -1.84. The summed E-state index contributed by atoms with van der Waals surface area (Å²) in [5, 5.41) is 11.6. The molecule has 1 aromatic heterocycles. The highest BCUT2D eigenvalue weighted by Gasteiger charge is 2.20. The van der Waals surface area contributed by atoms with Crippen LogP contribution in [0.3, 0.4) is 0 Å². The number of hydrogen-bond donors (Lipinski definition) is 1. The minimum atomic E-state index is -1.15. The van der Waals surface area contributed by atoms with Gasteiger partial charge in [-0.15, -0.1) is 0 Å². The largest absolute Gasteiger partial charge is 0.456 e. The monoisotopic (exact) mass is 290 g/mol. The van der Waals surface area contributed by atoms with Crippen molar-refractivity contribution in [2.45, 2.75) is 13.0 Å². The zero-order chi connectivity index (χ0) is 14.3.